The highest BCUT2D eigenvalue weighted by molar-refractivity contribution is 6.31. The monoisotopic (exact) mass is 536 g/mol. The van der Waals surface area contributed by atoms with Gasteiger partial charge in [0.2, 0.25) is 5.88 Å². The first-order chi connectivity index (χ1) is 17.5. The van der Waals surface area contributed by atoms with E-state index in [-0.39, 0.29) is 24.0 Å². The first kappa shape index (κ1) is 26.2. The van der Waals surface area contributed by atoms with Crippen LogP contribution in [0.4, 0.5) is 22.0 Å². The first-order valence-electron chi connectivity index (χ1n) is 10.7. The Morgan fingerprint density at radius 3 is 2.32 bits per heavy atom. The van der Waals surface area contributed by atoms with Crippen molar-refractivity contribution in [3.63, 3.8) is 0 Å². The van der Waals surface area contributed by atoms with Crippen LogP contribution in [0.2, 0.25) is 5.02 Å². The molecule has 0 aliphatic carbocycles. The molecule has 0 spiro atoms. The zero-order valence-corrected chi connectivity index (χ0v) is 19.9. The van der Waals surface area contributed by atoms with Crippen LogP contribution in [0.15, 0.2) is 71.5 Å². The summed E-state index contributed by atoms with van der Waals surface area (Å²) in [4.78, 5) is 16.1. The van der Waals surface area contributed by atoms with Crippen molar-refractivity contribution in [2.24, 2.45) is 7.05 Å². The van der Waals surface area contributed by atoms with Crippen molar-refractivity contribution in [1.29, 1.82) is 0 Å². The van der Waals surface area contributed by atoms with E-state index in [0.717, 1.165) is 12.1 Å². The minimum atomic E-state index is -4.69. The summed E-state index contributed by atoms with van der Waals surface area (Å²) in [5, 5.41) is -0.503. The molecule has 11 heteroatoms. The van der Waals surface area contributed by atoms with Crippen molar-refractivity contribution in [2.45, 2.75) is 19.5 Å². The first-order valence-corrected chi connectivity index (χ1v) is 11.1. The summed E-state index contributed by atoms with van der Waals surface area (Å²) in [6.07, 6.45) is -4.69. The molecule has 1 heterocycles. The van der Waals surface area contributed by atoms with Crippen LogP contribution in [0.3, 0.4) is 0 Å². The zero-order valence-electron chi connectivity index (χ0n) is 19.2. The van der Waals surface area contributed by atoms with Crippen LogP contribution in [0.5, 0.6) is 17.4 Å². The lowest BCUT2D eigenvalue weighted by Crippen LogP contribution is -2.22. The molecule has 37 heavy (non-hydrogen) atoms. The number of hydrogen-bond donors (Lipinski definition) is 0. The van der Waals surface area contributed by atoms with Crippen LogP contribution in [0, 0.1) is 5.82 Å². The van der Waals surface area contributed by atoms with Crippen LogP contribution in [-0.4, -0.2) is 9.55 Å². The molecule has 1 aromatic heterocycles. The summed E-state index contributed by atoms with van der Waals surface area (Å²) in [5.41, 5.74) is 0.289. The molecule has 0 saturated heterocycles. The highest BCUT2D eigenvalue weighted by Crippen LogP contribution is 2.38. The third-order valence-electron chi connectivity index (χ3n) is 5.37. The maximum Gasteiger partial charge on any atom is 0.417 e. The number of hydrogen-bond acceptors (Lipinski definition) is 4. The number of nitrogens with zero attached hydrogens (tertiary/aromatic N) is 2. The van der Waals surface area contributed by atoms with Crippen LogP contribution in [-0.2, 0) is 26.5 Å². The summed E-state index contributed by atoms with van der Waals surface area (Å²) in [7, 11) is 1.53. The van der Waals surface area contributed by atoms with Gasteiger partial charge in [-0.15, -0.1) is 0 Å². The quantitative estimate of drug-likeness (QED) is 0.236. The molecule has 5 nitrogen and oxygen atoms in total. The van der Waals surface area contributed by atoms with E-state index in [9.17, 15) is 26.7 Å². The Bertz CT molecular complexity index is 1490. The Morgan fingerprint density at radius 1 is 0.973 bits per heavy atom. The van der Waals surface area contributed by atoms with Gasteiger partial charge in [-0.05, 0) is 47.0 Å². The smallest absolute Gasteiger partial charge is 0.417 e. The normalized spacial score (nSPS) is 11.4. The molecule has 4 aromatic rings. The predicted octanol–water partition coefficient (Wildman–Crippen LogP) is 7.10. The van der Waals surface area contributed by atoms with Crippen molar-refractivity contribution in [2.75, 3.05) is 0 Å². The molecule has 4 rings (SSSR count). The van der Waals surface area contributed by atoms with Gasteiger partial charge in [0.1, 0.15) is 19.0 Å². The molecule has 0 atom stereocenters. The Labute approximate surface area is 212 Å². The van der Waals surface area contributed by atoms with Gasteiger partial charge >= 0.3 is 11.9 Å². The van der Waals surface area contributed by atoms with Crippen LogP contribution in [0.1, 0.15) is 16.7 Å². The van der Waals surface area contributed by atoms with Crippen molar-refractivity contribution in [3.05, 3.63) is 105 Å². The van der Waals surface area contributed by atoms with E-state index >= 15 is 0 Å². The minimum Gasteiger partial charge on any atom is -0.473 e. The fraction of sp³-hybridized carbons (Fsp3) is 0.154. The van der Waals surface area contributed by atoms with Gasteiger partial charge in [0, 0.05) is 13.1 Å². The molecule has 0 amide bonds. The minimum absolute atomic E-state index is 0.00533. The van der Waals surface area contributed by atoms with Gasteiger partial charge in [-0.3, -0.25) is 4.57 Å². The summed E-state index contributed by atoms with van der Waals surface area (Å²) in [5.74, 6) is -1.38. The third kappa shape index (κ3) is 6.08. The SMILES string of the molecule is Cn1c(-c2ccc(CF)cc2)cc(OCc2ccc(Oc3ccc(Cl)c(C(F)(F)F)c3)c(F)c2)nc1=O. The average Bonchev–Trinajstić information content (AvgIpc) is 2.86. The predicted molar refractivity (Wildman–Crippen MR) is 127 cm³/mol. The highest BCUT2D eigenvalue weighted by atomic mass is 35.5. The van der Waals surface area contributed by atoms with Gasteiger partial charge < -0.3 is 9.47 Å². The fourth-order valence-electron chi connectivity index (χ4n) is 3.42. The van der Waals surface area contributed by atoms with Crippen molar-refractivity contribution >= 4 is 11.6 Å². The average molecular weight is 537 g/mol. The molecule has 0 aliphatic rings. The van der Waals surface area contributed by atoms with Gasteiger partial charge in [-0.2, -0.15) is 18.2 Å². The van der Waals surface area contributed by atoms with Gasteiger partial charge in [-0.25, -0.2) is 13.6 Å². The van der Waals surface area contributed by atoms with E-state index in [2.05, 4.69) is 4.98 Å². The van der Waals surface area contributed by atoms with E-state index in [0.29, 0.717) is 28.5 Å². The number of rotatable bonds is 7. The molecule has 0 saturated carbocycles. The van der Waals surface area contributed by atoms with Gasteiger partial charge in [0.25, 0.3) is 0 Å². The van der Waals surface area contributed by atoms with E-state index in [4.69, 9.17) is 21.1 Å². The van der Waals surface area contributed by atoms with Gasteiger partial charge in [0.05, 0.1) is 16.3 Å². The molecule has 0 radical (unpaired) electrons. The lowest BCUT2D eigenvalue weighted by molar-refractivity contribution is -0.137. The second-order valence-electron chi connectivity index (χ2n) is 7.95. The Hall–Kier alpha value is -3.92. The molecule has 3 aromatic carbocycles. The number of halogens is 6. The number of aromatic nitrogens is 2. The largest absolute Gasteiger partial charge is 0.473 e. The molecule has 0 aliphatic heterocycles. The van der Waals surface area contributed by atoms with E-state index in [1.54, 1.807) is 24.3 Å². The van der Waals surface area contributed by atoms with Crippen LogP contribution >= 0.6 is 11.6 Å². The zero-order chi connectivity index (χ0) is 26.7. The Kier molecular flexibility index (Phi) is 7.49. The van der Waals surface area contributed by atoms with Gasteiger partial charge in [0.15, 0.2) is 11.6 Å². The molecule has 0 N–H and O–H groups in total. The molecule has 0 bridgehead atoms. The molecule has 0 unspecified atom stereocenters. The number of ether oxygens (including phenoxy) is 2. The molecule has 192 valence electrons. The summed E-state index contributed by atoms with van der Waals surface area (Å²) in [6, 6.07) is 14.7. The molecular weight excluding hydrogens is 519 g/mol. The van der Waals surface area contributed by atoms with Crippen molar-refractivity contribution < 1.29 is 31.4 Å². The third-order valence-corrected chi connectivity index (χ3v) is 5.70. The van der Waals surface area contributed by atoms with Crippen LogP contribution < -0.4 is 15.2 Å². The second kappa shape index (κ2) is 10.6. The summed E-state index contributed by atoms with van der Waals surface area (Å²) >= 11 is 5.59. The van der Waals surface area contributed by atoms with Crippen LogP contribution in [0.25, 0.3) is 11.3 Å². The Balaban J connectivity index is 1.50. The second-order valence-corrected chi connectivity index (χ2v) is 8.35. The fourth-order valence-corrected chi connectivity index (χ4v) is 3.64. The molecule has 0 fully saturated rings. The van der Waals surface area contributed by atoms with E-state index in [1.165, 1.54) is 35.9 Å². The summed E-state index contributed by atoms with van der Waals surface area (Å²) in [6.45, 7) is -0.768. The van der Waals surface area contributed by atoms with Gasteiger partial charge in [-0.1, -0.05) is 41.9 Å². The maximum atomic E-state index is 14.6. The number of alkyl halides is 4. The topological polar surface area (TPSA) is 53.4 Å². The van der Waals surface area contributed by atoms with E-state index < -0.39 is 34.9 Å². The van der Waals surface area contributed by atoms with E-state index in [1.807, 2.05) is 0 Å². The standard InChI is InChI=1S/C26H18ClF5N2O3/c1-34-22(17-5-2-15(13-28)3-6-17)12-24(33-25(34)35)36-14-16-4-9-23(21(29)10-16)37-18-7-8-20(27)19(11-18)26(30,31)32/h2-12H,13-14H2,1H3. The Morgan fingerprint density at radius 2 is 1.68 bits per heavy atom. The summed E-state index contributed by atoms with van der Waals surface area (Å²) < 4.78 is 78.7. The lowest BCUT2D eigenvalue weighted by atomic mass is 10.1. The number of benzene rings is 3. The van der Waals surface area contributed by atoms with Crippen molar-refractivity contribution in [1.82, 2.24) is 9.55 Å². The lowest BCUT2D eigenvalue weighted by Gasteiger charge is -2.13. The molecular formula is C26H18ClF5N2O3. The highest BCUT2D eigenvalue weighted by Gasteiger charge is 2.33. The maximum absolute atomic E-state index is 14.6. The van der Waals surface area contributed by atoms with Crippen molar-refractivity contribution in [3.8, 4) is 28.6 Å².